The number of carbonyl (C=O) groups is 1. The first kappa shape index (κ1) is 19.1. The van der Waals surface area contributed by atoms with Gasteiger partial charge in [-0.25, -0.2) is 8.96 Å². The highest BCUT2D eigenvalue weighted by Gasteiger charge is 2.23. The fourth-order valence-electron chi connectivity index (χ4n) is 2.99. The van der Waals surface area contributed by atoms with E-state index >= 15 is 0 Å². The Bertz CT molecular complexity index is 1010. The zero-order chi connectivity index (χ0) is 18.1. The Hall–Kier alpha value is -2.69. The third-order valence-corrected chi connectivity index (χ3v) is 4.69. The van der Waals surface area contributed by atoms with Gasteiger partial charge >= 0.3 is 0 Å². The fourth-order valence-corrected chi connectivity index (χ4v) is 3.21. The highest BCUT2D eigenvalue weighted by atomic mass is 35.5. The number of fused-ring (bicyclic) bond motifs is 1. The second-order valence-corrected chi connectivity index (χ2v) is 6.47. The summed E-state index contributed by atoms with van der Waals surface area (Å²) in [5.74, 6) is -0.434. The van der Waals surface area contributed by atoms with E-state index < -0.39 is 0 Å². The number of para-hydroxylation sites is 1. The average molecular weight is 401 g/mol. The number of hydrogen-bond donors (Lipinski definition) is 1. The zero-order valence-electron chi connectivity index (χ0n) is 14.1. The number of nitrogens with zero attached hydrogens (tertiary/aromatic N) is 1. The molecule has 6 heteroatoms. The third kappa shape index (κ3) is 3.87. The lowest BCUT2D eigenvalue weighted by Gasteiger charge is -2.03. The van der Waals surface area contributed by atoms with Crippen LogP contribution in [0.5, 0.6) is 0 Å². The monoisotopic (exact) mass is 400 g/mol. The standard InChI is InChI=1S/C21H14ClFN2O.ClH/c22-18-5-3-6-19(23)17(18)13-25-10-8-14(9-11-25)12-16-15-4-1-2-7-20(15)24-21(16)26;/h1-12H,13H2;1H. The van der Waals surface area contributed by atoms with Crippen LogP contribution in [0, 0.1) is 5.82 Å². The summed E-state index contributed by atoms with van der Waals surface area (Å²) < 4.78 is 15.8. The fraction of sp³-hybridized carbons (Fsp3) is 0.0476. The lowest BCUT2D eigenvalue weighted by Crippen LogP contribution is -3.00. The molecule has 0 unspecified atom stereocenters. The van der Waals surface area contributed by atoms with Gasteiger partial charge in [0.15, 0.2) is 18.9 Å². The lowest BCUT2D eigenvalue weighted by atomic mass is 10.0. The smallest absolute Gasteiger partial charge is 0.256 e. The molecule has 0 atom stereocenters. The molecule has 0 saturated carbocycles. The van der Waals surface area contributed by atoms with Gasteiger partial charge in [0.25, 0.3) is 5.91 Å². The summed E-state index contributed by atoms with van der Waals surface area (Å²) in [5, 5.41) is 3.26. The van der Waals surface area contributed by atoms with Gasteiger partial charge in [0.05, 0.1) is 10.6 Å². The minimum absolute atomic E-state index is 0. The molecule has 0 aliphatic carbocycles. The van der Waals surface area contributed by atoms with Crippen molar-refractivity contribution in [3.63, 3.8) is 0 Å². The minimum Gasteiger partial charge on any atom is -1.00 e. The molecule has 0 fully saturated rings. The maximum absolute atomic E-state index is 13.9. The van der Waals surface area contributed by atoms with Crippen molar-refractivity contribution in [1.29, 1.82) is 0 Å². The van der Waals surface area contributed by atoms with Gasteiger partial charge < -0.3 is 17.7 Å². The van der Waals surface area contributed by atoms with E-state index in [-0.39, 0.29) is 24.1 Å². The predicted octanol–water partition coefficient (Wildman–Crippen LogP) is 1.31. The first-order valence-electron chi connectivity index (χ1n) is 8.16. The maximum Gasteiger partial charge on any atom is 0.256 e. The number of benzene rings is 2. The van der Waals surface area contributed by atoms with Crippen molar-refractivity contribution in [2.24, 2.45) is 0 Å². The van der Waals surface area contributed by atoms with E-state index in [1.165, 1.54) is 6.07 Å². The van der Waals surface area contributed by atoms with Crippen LogP contribution in [0.1, 0.15) is 16.7 Å². The van der Waals surface area contributed by atoms with Gasteiger partial charge in [-0.1, -0.05) is 35.9 Å². The molecule has 27 heavy (non-hydrogen) atoms. The Morgan fingerprint density at radius 3 is 2.52 bits per heavy atom. The van der Waals surface area contributed by atoms with E-state index in [0.29, 0.717) is 22.7 Å². The Morgan fingerprint density at radius 2 is 1.78 bits per heavy atom. The molecule has 2 aromatic carbocycles. The van der Waals surface area contributed by atoms with Gasteiger partial charge in [-0.3, -0.25) is 4.79 Å². The van der Waals surface area contributed by atoms with Crippen LogP contribution in [0.4, 0.5) is 10.1 Å². The van der Waals surface area contributed by atoms with E-state index in [2.05, 4.69) is 5.32 Å². The second-order valence-electron chi connectivity index (χ2n) is 6.06. The molecule has 1 aliphatic rings. The van der Waals surface area contributed by atoms with E-state index in [1.54, 1.807) is 12.1 Å². The van der Waals surface area contributed by atoms with Crippen LogP contribution in [-0.2, 0) is 11.3 Å². The highest BCUT2D eigenvalue weighted by molar-refractivity contribution is 6.34. The van der Waals surface area contributed by atoms with Gasteiger partial charge in [-0.05, 0) is 29.8 Å². The summed E-state index contributed by atoms with van der Waals surface area (Å²) in [6.45, 7) is 0.339. The number of amides is 1. The molecule has 4 rings (SSSR count). The van der Waals surface area contributed by atoms with Gasteiger partial charge in [0, 0.05) is 29.0 Å². The number of anilines is 1. The number of halogens is 3. The van der Waals surface area contributed by atoms with Gasteiger partial charge in [-0.2, -0.15) is 0 Å². The molecule has 2 heterocycles. The van der Waals surface area contributed by atoms with Crippen LogP contribution in [0.2, 0.25) is 5.02 Å². The molecule has 1 amide bonds. The number of rotatable bonds is 3. The van der Waals surface area contributed by atoms with E-state index in [9.17, 15) is 9.18 Å². The van der Waals surface area contributed by atoms with E-state index in [1.807, 2.05) is 59.4 Å². The van der Waals surface area contributed by atoms with Crippen LogP contribution < -0.4 is 22.3 Å². The van der Waals surface area contributed by atoms with Gasteiger partial charge in [0.1, 0.15) is 5.82 Å². The molecule has 0 radical (unpaired) electrons. The summed E-state index contributed by atoms with van der Waals surface area (Å²) in [4.78, 5) is 12.2. The largest absolute Gasteiger partial charge is 1.00 e. The van der Waals surface area contributed by atoms with Crippen molar-refractivity contribution in [3.05, 3.63) is 94.5 Å². The summed E-state index contributed by atoms with van der Waals surface area (Å²) in [7, 11) is 0. The van der Waals surface area contributed by atoms with Crippen LogP contribution in [-0.4, -0.2) is 5.91 Å². The Balaban J connectivity index is 0.00000210. The molecule has 0 saturated heterocycles. The Labute approximate surface area is 167 Å². The molecule has 1 aromatic heterocycles. The van der Waals surface area contributed by atoms with Gasteiger partial charge in [-0.15, -0.1) is 0 Å². The Morgan fingerprint density at radius 1 is 1.04 bits per heavy atom. The molecule has 3 aromatic rings. The molecule has 1 N–H and O–H groups in total. The lowest BCUT2D eigenvalue weighted by molar-refractivity contribution is -0.688. The zero-order valence-corrected chi connectivity index (χ0v) is 15.6. The number of nitrogens with one attached hydrogen (secondary N) is 1. The molecule has 0 spiro atoms. The number of hydrogen-bond acceptors (Lipinski definition) is 1. The SMILES string of the molecule is O=C1Nc2ccccc2/C1=C\c1cc[n+](Cc2c(F)cccc2Cl)cc1.[Cl-]. The number of pyridine rings is 1. The van der Waals surface area contributed by atoms with Crippen molar-refractivity contribution in [1.82, 2.24) is 0 Å². The van der Waals surface area contributed by atoms with Crippen LogP contribution >= 0.6 is 11.6 Å². The minimum atomic E-state index is -0.324. The summed E-state index contributed by atoms with van der Waals surface area (Å²) in [6.07, 6.45) is 5.53. The van der Waals surface area contributed by atoms with E-state index in [4.69, 9.17) is 11.6 Å². The quantitative estimate of drug-likeness (QED) is 0.521. The van der Waals surface area contributed by atoms with Crippen molar-refractivity contribution < 1.29 is 26.2 Å². The van der Waals surface area contributed by atoms with Gasteiger partial charge in [0.2, 0.25) is 0 Å². The Kier molecular flexibility index (Phi) is 5.59. The topological polar surface area (TPSA) is 33.0 Å². The van der Waals surface area contributed by atoms with Crippen molar-refractivity contribution >= 4 is 34.8 Å². The average Bonchev–Trinajstić information content (AvgIpc) is 2.95. The molecule has 1 aliphatic heterocycles. The molecular formula is C21H15Cl2FN2O. The number of carbonyl (C=O) groups excluding carboxylic acids is 1. The van der Waals surface area contributed by atoms with Crippen molar-refractivity contribution in [2.75, 3.05) is 5.32 Å². The van der Waals surface area contributed by atoms with Crippen molar-refractivity contribution in [3.8, 4) is 0 Å². The highest BCUT2D eigenvalue weighted by Crippen LogP contribution is 2.32. The maximum atomic E-state index is 13.9. The van der Waals surface area contributed by atoms with Crippen LogP contribution in [0.25, 0.3) is 11.6 Å². The second kappa shape index (κ2) is 7.91. The molecule has 136 valence electrons. The summed E-state index contributed by atoms with van der Waals surface area (Å²) in [6, 6.07) is 16.0. The number of aromatic nitrogens is 1. The normalized spacial score (nSPS) is 13.9. The van der Waals surface area contributed by atoms with Crippen LogP contribution in [0.3, 0.4) is 0 Å². The van der Waals surface area contributed by atoms with E-state index in [0.717, 1.165) is 16.8 Å². The third-order valence-electron chi connectivity index (χ3n) is 4.34. The molecular weight excluding hydrogens is 386 g/mol. The summed E-state index contributed by atoms with van der Waals surface area (Å²) >= 11 is 6.08. The van der Waals surface area contributed by atoms with Crippen LogP contribution in [0.15, 0.2) is 67.0 Å². The first-order chi connectivity index (χ1) is 12.6. The predicted molar refractivity (Wildman–Crippen MR) is 100 cm³/mol. The first-order valence-corrected chi connectivity index (χ1v) is 8.54. The summed E-state index contributed by atoms with van der Waals surface area (Å²) in [5.41, 5.74) is 3.70. The molecule has 0 bridgehead atoms. The molecule has 3 nitrogen and oxygen atoms in total. The van der Waals surface area contributed by atoms with Crippen molar-refractivity contribution in [2.45, 2.75) is 6.54 Å².